The van der Waals surface area contributed by atoms with E-state index in [4.69, 9.17) is 14.5 Å². The number of nitriles is 1. The van der Waals surface area contributed by atoms with Crippen LogP contribution in [-0.4, -0.2) is 73.3 Å². The summed E-state index contributed by atoms with van der Waals surface area (Å²) in [4.78, 5) is 9.85. The van der Waals surface area contributed by atoms with Gasteiger partial charge in [0.2, 0.25) is 0 Å². The number of piperazine rings is 1. The summed E-state index contributed by atoms with van der Waals surface area (Å²) >= 11 is 1.62. The molecule has 1 aromatic carbocycles. The summed E-state index contributed by atoms with van der Waals surface area (Å²) in [6.45, 7) is 11.9. The molecular weight excluding hydrogens is 484 g/mol. The van der Waals surface area contributed by atoms with Crippen LogP contribution in [-0.2, 0) is 24.2 Å². The second kappa shape index (κ2) is 14.0. The fraction of sp³-hybridized carbons (Fsp3) is 0.586. The molecule has 1 aliphatic rings. The van der Waals surface area contributed by atoms with Gasteiger partial charge in [0.1, 0.15) is 22.7 Å². The van der Waals surface area contributed by atoms with Crippen LogP contribution in [0.25, 0.3) is 0 Å². The van der Waals surface area contributed by atoms with Crippen LogP contribution in [0.15, 0.2) is 29.3 Å². The molecule has 2 heterocycles. The molecule has 202 valence electrons. The average molecular weight is 527 g/mol. The Morgan fingerprint density at radius 2 is 1.92 bits per heavy atom. The number of hydrogen-bond donors (Lipinski definition) is 1. The molecule has 0 spiro atoms. The van der Waals surface area contributed by atoms with E-state index in [2.05, 4.69) is 55.7 Å². The monoisotopic (exact) mass is 526 g/mol. The highest BCUT2D eigenvalue weighted by Crippen LogP contribution is 2.35. The summed E-state index contributed by atoms with van der Waals surface area (Å²) < 4.78 is 10.7. The van der Waals surface area contributed by atoms with Crippen molar-refractivity contribution in [3.63, 3.8) is 0 Å². The molecule has 7 nitrogen and oxygen atoms in total. The zero-order valence-corrected chi connectivity index (χ0v) is 24.0. The number of benzene rings is 1. The second-order valence-corrected chi connectivity index (χ2v) is 11.3. The minimum Gasteiger partial charge on any atom is -0.497 e. The predicted molar refractivity (Wildman–Crippen MR) is 151 cm³/mol. The molecule has 0 radical (unpaired) electrons. The summed E-state index contributed by atoms with van der Waals surface area (Å²) in [7, 11) is 3.42. The van der Waals surface area contributed by atoms with E-state index in [9.17, 15) is 10.4 Å². The Hall–Kier alpha value is -2.31. The van der Waals surface area contributed by atoms with Crippen LogP contribution < -0.4 is 9.64 Å². The maximum Gasteiger partial charge on any atom is 0.135 e. The van der Waals surface area contributed by atoms with E-state index >= 15 is 0 Å². The van der Waals surface area contributed by atoms with Crippen molar-refractivity contribution in [2.75, 3.05) is 51.1 Å². The fourth-order valence-corrected chi connectivity index (χ4v) is 6.17. The first-order valence-electron chi connectivity index (χ1n) is 13.1. The van der Waals surface area contributed by atoms with Crippen LogP contribution in [0.1, 0.15) is 49.9 Å². The molecule has 1 fully saturated rings. The Balaban J connectivity index is 1.94. The molecule has 0 saturated carbocycles. The first-order valence-corrected chi connectivity index (χ1v) is 14.1. The highest BCUT2D eigenvalue weighted by molar-refractivity contribution is 7.99. The molecule has 1 saturated heterocycles. The van der Waals surface area contributed by atoms with Crippen molar-refractivity contribution in [1.82, 2.24) is 9.88 Å². The molecular formula is C29H42N4O3S. The van der Waals surface area contributed by atoms with Gasteiger partial charge in [-0.1, -0.05) is 26.0 Å². The predicted octanol–water partition coefficient (Wildman–Crippen LogP) is 4.53. The minimum absolute atomic E-state index is 0.125. The molecule has 2 unspecified atom stereocenters. The third-order valence-electron chi connectivity index (χ3n) is 6.96. The largest absolute Gasteiger partial charge is 0.497 e. The zero-order chi connectivity index (χ0) is 26.9. The Bertz CT molecular complexity index is 1060. The lowest BCUT2D eigenvalue weighted by Gasteiger charge is -2.45. The van der Waals surface area contributed by atoms with Gasteiger partial charge >= 0.3 is 0 Å². The van der Waals surface area contributed by atoms with E-state index in [0.717, 1.165) is 65.9 Å². The Morgan fingerprint density at radius 1 is 1.19 bits per heavy atom. The lowest BCUT2D eigenvalue weighted by Crippen LogP contribution is -2.57. The van der Waals surface area contributed by atoms with Gasteiger partial charge in [0.05, 0.1) is 25.9 Å². The van der Waals surface area contributed by atoms with E-state index in [1.807, 2.05) is 12.1 Å². The summed E-state index contributed by atoms with van der Waals surface area (Å²) in [6, 6.07) is 11.2. The number of thioether (sulfide) groups is 1. The van der Waals surface area contributed by atoms with E-state index in [0.29, 0.717) is 30.2 Å². The first kappa shape index (κ1) is 29.2. The SMILES string of the molecule is COCCN1C(C)CN(c2nc(SCCc3cccc(OC)c3)c(C#N)c(CC(C)C)c2CO)CC1C. The number of aliphatic hydroxyl groups excluding tert-OH is 1. The van der Waals surface area contributed by atoms with Crippen molar-refractivity contribution in [2.24, 2.45) is 5.92 Å². The molecule has 0 amide bonds. The Labute approximate surface area is 226 Å². The van der Waals surface area contributed by atoms with Crippen LogP contribution in [0.5, 0.6) is 5.75 Å². The van der Waals surface area contributed by atoms with E-state index < -0.39 is 0 Å². The van der Waals surface area contributed by atoms with Gasteiger partial charge in [-0.25, -0.2) is 4.98 Å². The molecule has 2 atom stereocenters. The van der Waals surface area contributed by atoms with Gasteiger partial charge in [0, 0.05) is 50.1 Å². The van der Waals surface area contributed by atoms with Gasteiger partial charge in [0.15, 0.2) is 0 Å². The molecule has 1 aliphatic heterocycles. The number of ether oxygens (including phenoxy) is 2. The van der Waals surface area contributed by atoms with Crippen molar-refractivity contribution in [3.05, 3.63) is 46.5 Å². The first-order chi connectivity index (χ1) is 17.8. The molecule has 3 rings (SSSR count). The highest BCUT2D eigenvalue weighted by Gasteiger charge is 2.32. The summed E-state index contributed by atoms with van der Waals surface area (Å²) in [5.74, 6) is 2.82. The van der Waals surface area contributed by atoms with E-state index in [1.54, 1.807) is 26.0 Å². The van der Waals surface area contributed by atoms with Gasteiger partial charge in [0.25, 0.3) is 0 Å². The molecule has 0 aliphatic carbocycles. The number of anilines is 1. The third kappa shape index (κ3) is 7.38. The minimum atomic E-state index is -0.125. The number of pyridine rings is 1. The molecule has 37 heavy (non-hydrogen) atoms. The smallest absolute Gasteiger partial charge is 0.135 e. The summed E-state index contributed by atoms with van der Waals surface area (Å²) in [5.41, 5.74) is 3.54. The van der Waals surface area contributed by atoms with Crippen molar-refractivity contribution in [1.29, 1.82) is 5.26 Å². The molecule has 0 bridgehead atoms. The van der Waals surface area contributed by atoms with Crippen LogP contribution in [0, 0.1) is 17.2 Å². The third-order valence-corrected chi connectivity index (χ3v) is 7.94. The number of rotatable bonds is 12. The van der Waals surface area contributed by atoms with Gasteiger partial charge in [-0.05, 0) is 55.9 Å². The van der Waals surface area contributed by atoms with Crippen molar-refractivity contribution in [2.45, 2.75) is 64.3 Å². The summed E-state index contributed by atoms with van der Waals surface area (Å²) in [6.07, 6.45) is 1.58. The Morgan fingerprint density at radius 3 is 2.51 bits per heavy atom. The van der Waals surface area contributed by atoms with Crippen molar-refractivity contribution in [3.8, 4) is 11.8 Å². The quantitative estimate of drug-likeness (QED) is 0.404. The van der Waals surface area contributed by atoms with Gasteiger partial charge in [-0.3, -0.25) is 4.90 Å². The highest BCUT2D eigenvalue weighted by atomic mass is 32.2. The number of aliphatic hydroxyl groups is 1. The molecule has 1 aromatic heterocycles. The molecule has 1 N–H and O–H groups in total. The van der Waals surface area contributed by atoms with Crippen LogP contribution in [0.3, 0.4) is 0 Å². The number of hydrogen-bond acceptors (Lipinski definition) is 8. The summed E-state index contributed by atoms with van der Waals surface area (Å²) in [5, 5.41) is 21.5. The zero-order valence-electron chi connectivity index (χ0n) is 23.2. The van der Waals surface area contributed by atoms with Gasteiger partial charge in [-0.15, -0.1) is 11.8 Å². The fourth-order valence-electron chi connectivity index (χ4n) is 5.18. The van der Waals surface area contributed by atoms with Crippen LogP contribution >= 0.6 is 11.8 Å². The molecule has 8 heteroatoms. The lowest BCUT2D eigenvalue weighted by molar-refractivity contribution is 0.0843. The van der Waals surface area contributed by atoms with Crippen molar-refractivity contribution < 1.29 is 14.6 Å². The van der Waals surface area contributed by atoms with Crippen molar-refractivity contribution >= 4 is 17.6 Å². The van der Waals surface area contributed by atoms with Gasteiger partial charge < -0.3 is 19.5 Å². The number of aromatic nitrogens is 1. The lowest BCUT2D eigenvalue weighted by atomic mass is 9.94. The number of aryl methyl sites for hydroxylation is 1. The molecule has 2 aromatic rings. The van der Waals surface area contributed by atoms with Gasteiger partial charge in [-0.2, -0.15) is 5.26 Å². The second-order valence-electron chi connectivity index (χ2n) is 10.2. The van der Waals surface area contributed by atoms with Crippen LogP contribution in [0.4, 0.5) is 5.82 Å². The number of nitrogens with zero attached hydrogens (tertiary/aromatic N) is 4. The average Bonchev–Trinajstić information content (AvgIpc) is 2.87. The number of methoxy groups -OCH3 is 2. The normalized spacial score (nSPS) is 18.3. The maximum absolute atomic E-state index is 10.5. The standard InChI is InChI=1S/C29H42N4O3S/c1-20(2)14-25-26(16-30)29(37-13-10-23-8-7-9-24(15-23)36-6)31-28(27(25)19-34)32-17-21(3)33(11-12-35-5)22(4)18-32/h7-9,15,20-22,34H,10-14,17-19H2,1-6H3. The topological polar surface area (TPSA) is 81.8 Å². The van der Waals surface area contributed by atoms with E-state index in [-0.39, 0.29) is 6.61 Å². The van der Waals surface area contributed by atoms with E-state index in [1.165, 1.54) is 5.56 Å². The maximum atomic E-state index is 10.5. The van der Waals surface area contributed by atoms with Crippen LogP contribution in [0.2, 0.25) is 0 Å². The Kier molecular flexibility index (Phi) is 11.1.